The number of hydrogen-bond acceptors (Lipinski definition) is 10. The molecular formula is C23H31N9O3. The van der Waals surface area contributed by atoms with Crippen LogP contribution in [0.1, 0.15) is 62.6 Å². The number of rotatable bonds is 7. The van der Waals surface area contributed by atoms with Gasteiger partial charge in [-0.25, -0.2) is 14.8 Å². The van der Waals surface area contributed by atoms with Gasteiger partial charge in [0.2, 0.25) is 0 Å². The molecule has 0 bridgehead atoms. The Morgan fingerprint density at radius 2 is 2.00 bits per heavy atom. The van der Waals surface area contributed by atoms with Crippen molar-refractivity contribution >= 4 is 29.3 Å². The van der Waals surface area contributed by atoms with Crippen molar-refractivity contribution in [3.05, 3.63) is 29.8 Å². The molecule has 0 aliphatic carbocycles. The van der Waals surface area contributed by atoms with E-state index in [2.05, 4.69) is 36.1 Å². The molecule has 3 N–H and O–H groups in total. The van der Waals surface area contributed by atoms with Gasteiger partial charge in [0.1, 0.15) is 17.5 Å². The molecule has 1 unspecified atom stereocenters. The molecule has 186 valence electrons. The van der Waals surface area contributed by atoms with Gasteiger partial charge in [-0.05, 0) is 46.5 Å². The lowest BCUT2D eigenvalue weighted by Gasteiger charge is -2.37. The van der Waals surface area contributed by atoms with Crippen molar-refractivity contribution in [2.24, 2.45) is 0 Å². The third-order valence-corrected chi connectivity index (χ3v) is 5.31. The molecule has 1 aliphatic heterocycles. The maximum Gasteiger partial charge on any atom is 0.410 e. The third kappa shape index (κ3) is 7.23. The molecule has 35 heavy (non-hydrogen) atoms. The third-order valence-electron chi connectivity index (χ3n) is 5.31. The number of piperidine rings is 1. The van der Waals surface area contributed by atoms with Crippen LogP contribution < -0.4 is 16.0 Å². The summed E-state index contributed by atoms with van der Waals surface area (Å²) >= 11 is 0. The average Bonchev–Trinajstić information content (AvgIpc) is 2.83. The van der Waals surface area contributed by atoms with Gasteiger partial charge in [0.25, 0.3) is 5.91 Å². The van der Waals surface area contributed by atoms with Crippen molar-refractivity contribution in [3.63, 3.8) is 0 Å². The number of nitrogens with one attached hydrogen (secondary N) is 3. The lowest BCUT2D eigenvalue weighted by molar-refractivity contribution is 0.00929. The Bertz CT molecular complexity index is 1080. The first kappa shape index (κ1) is 25.6. The Morgan fingerprint density at radius 1 is 1.20 bits per heavy atom. The molecule has 12 heteroatoms. The molecule has 0 radical (unpaired) electrons. The van der Waals surface area contributed by atoms with Crippen LogP contribution in [0.5, 0.6) is 0 Å². The van der Waals surface area contributed by atoms with Gasteiger partial charge in [-0.1, -0.05) is 0 Å². The molecule has 2 aromatic heterocycles. The van der Waals surface area contributed by atoms with Crippen molar-refractivity contribution in [1.82, 2.24) is 30.4 Å². The Hall–Kier alpha value is -4.01. The number of carbonyl (C=O) groups excluding carboxylic acids is 2. The molecule has 1 fully saturated rings. The predicted octanol–water partition coefficient (Wildman–Crippen LogP) is 2.83. The summed E-state index contributed by atoms with van der Waals surface area (Å²) < 4.78 is 5.58. The second-order valence-electron chi connectivity index (χ2n) is 9.13. The quantitative estimate of drug-likeness (QED) is 0.537. The zero-order valence-electron chi connectivity index (χ0n) is 20.5. The van der Waals surface area contributed by atoms with Gasteiger partial charge < -0.3 is 25.6 Å². The Balaban J connectivity index is 1.70. The zero-order valence-corrected chi connectivity index (χ0v) is 20.5. The van der Waals surface area contributed by atoms with E-state index >= 15 is 0 Å². The first-order valence-corrected chi connectivity index (χ1v) is 11.5. The molecule has 3 rings (SSSR count). The van der Waals surface area contributed by atoms with E-state index in [9.17, 15) is 9.59 Å². The van der Waals surface area contributed by atoms with Crippen molar-refractivity contribution in [2.75, 3.05) is 30.8 Å². The van der Waals surface area contributed by atoms with Crippen LogP contribution in [-0.4, -0.2) is 68.8 Å². The van der Waals surface area contributed by atoms with Gasteiger partial charge >= 0.3 is 6.09 Å². The van der Waals surface area contributed by atoms with Gasteiger partial charge in [-0.15, -0.1) is 10.2 Å². The molecule has 2 aromatic rings. The van der Waals surface area contributed by atoms with E-state index in [0.29, 0.717) is 36.8 Å². The minimum Gasteiger partial charge on any atom is -0.444 e. The lowest BCUT2D eigenvalue weighted by Crippen LogP contribution is -2.46. The van der Waals surface area contributed by atoms with E-state index in [1.165, 1.54) is 19.4 Å². The molecule has 1 atom stereocenters. The number of hydrogen-bond donors (Lipinski definition) is 3. The zero-order chi connectivity index (χ0) is 25.4. The van der Waals surface area contributed by atoms with Crippen molar-refractivity contribution < 1.29 is 14.3 Å². The number of aromatic nitrogens is 4. The predicted molar refractivity (Wildman–Crippen MR) is 129 cm³/mol. The van der Waals surface area contributed by atoms with E-state index in [1.807, 2.05) is 26.8 Å². The largest absolute Gasteiger partial charge is 0.444 e. The summed E-state index contributed by atoms with van der Waals surface area (Å²) in [5.41, 5.74) is 0.285. The molecule has 0 saturated carbocycles. The first-order valence-electron chi connectivity index (χ1n) is 11.5. The van der Waals surface area contributed by atoms with E-state index in [-0.39, 0.29) is 29.4 Å². The van der Waals surface area contributed by atoms with Gasteiger partial charge in [0.05, 0.1) is 18.1 Å². The number of amides is 2. The Labute approximate surface area is 204 Å². The normalized spacial score (nSPS) is 15.6. The fourth-order valence-corrected chi connectivity index (χ4v) is 3.69. The van der Waals surface area contributed by atoms with Crippen LogP contribution in [0.15, 0.2) is 18.5 Å². The second kappa shape index (κ2) is 11.4. The summed E-state index contributed by atoms with van der Waals surface area (Å²) in [4.78, 5) is 34.9. The van der Waals surface area contributed by atoms with Crippen molar-refractivity contribution in [2.45, 2.75) is 58.1 Å². The fourth-order valence-electron chi connectivity index (χ4n) is 3.69. The summed E-state index contributed by atoms with van der Waals surface area (Å²) in [5.74, 6) is 0.358. The molecule has 0 aromatic carbocycles. The van der Waals surface area contributed by atoms with Crippen molar-refractivity contribution in [1.29, 1.82) is 5.26 Å². The van der Waals surface area contributed by atoms with Gasteiger partial charge in [0, 0.05) is 32.2 Å². The number of anilines is 3. The highest BCUT2D eigenvalue weighted by molar-refractivity contribution is 5.97. The monoisotopic (exact) mass is 481 g/mol. The molecule has 2 amide bonds. The smallest absolute Gasteiger partial charge is 0.410 e. The van der Waals surface area contributed by atoms with Crippen LogP contribution >= 0.6 is 0 Å². The number of likely N-dealkylation sites (tertiary alicyclic amines) is 1. The summed E-state index contributed by atoms with van der Waals surface area (Å²) in [6, 6.07) is 3.60. The molecular weight excluding hydrogens is 450 g/mol. The summed E-state index contributed by atoms with van der Waals surface area (Å²) in [5, 5.41) is 25.8. The van der Waals surface area contributed by atoms with Crippen LogP contribution in [0.25, 0.3) is 0 Å². The molecule has 12 nitrogen and oxygen atoms in total. The van der Waals surface area contributed by atoms with Gasteiger partial charge in [-0.2, -0.15) is 5.26 Å². The van der Waals surface area contributed by atoms with Gasteiger partial charge in [-0.3, -0.25) is 4.79 Å². The van der Waals surface area contributed by atoms with E-state index in [4.69, 9.17) is 10.00 Å². The minimum atomic E-state index is -0.550. The lowest BCUT2D eigenvalue weighted by atomic mass is 10.00. The van der Waals surface area contributed by atoms with Crippen LogP contribution in [0.3, 0.4) is 0 Å². The van der Waals surface area contributed by atoms with E-state index in [1.54, 1.807) is 11.0 Å². The number of carbonyl (C=O) groups is 2. The van der Waals surface area contributed by atoms with Gasteiger partial charge in [0.15, 0.2) is 17.2 Å². The average molecular weight is 482 g/mol. The van der Waals surface area contributed by atoms with E-state index < -0.39 is 5.60 Å². The SMILES string of the molecule is CNC(=O)c1nnc(Nc2cnc(C#N)cn2)cc1NCCC1CCCCN1C(=O)OC(C)(C)C. The maximum atomic E-state index is 12.7. The summed E-state index contributed by atoms with van der Waals surface area (Å²) in [6.07, 6.45) is 6.02. The number of nitriles is 1. The summed E-state index contributed by atoms with van der Waals surface area (Å²) in [7, 11) is 1.52. The highest BCUT2D eigenvalue weighted by Crippen LogP contribution is 2.24. The van der Waals surface area contributed by atoms with Crippen LogP contribution in [0.4, 0.5) is 22.1 Å². The van der Waals surface area contributed by atoms with Crippen molar-refractivity contribution in [3.8, 4) is 6.07 Å². The summed E-state index contributed by atoms with van der Waals surface area (Å²) in [6.45, 7) is 6.75. The second-order valence-corrected chi connectivity index (χ2v) is 9.13. The highest BCUT2D eigenvalue weighted by Gasteiger charge is 2.30. The van der Waals surface area contributed by atoms with Crippen LogP contribution in [0.2, 0.25) is 0 Å². The molecule has 3 heterocycles. The Kier molecular flexibility index (Phi) is 8.35. The topological polar surface area (TPSA) is 158 Å². The molecule has 1 saturated heterocycles. The standard InChI is InChI=1S/C23H31N9O3/c1-23(2,3)35-22(34)32-10-6-5-7-16(32)8-9-26-17-11-18(30-31-20(17)21(33)25-4)29-19-14-27-15(12-24)13-28-19/h11,13-14,16H,5-10H2,1-4H3,(H,25,33)(H2,26,28,29,30). The Morgan fingerprint density at radius 3 is 2.66 bits per heavy atom. The maximum absolute atomic E-state index is 12.7. The fraction of sp³-hybridized carbons (Fsp3) is 0.522. The minimum absolute atomic E-state index is 0.0378. The van der Waals surface area contributed by atoms with Crippen LogP contribution in [-0.2, 0) is 4.74 Å². The van der Waals surface area contributed by atoms with E-state index in [0.717, 1.165) is 19.3 Å². The first-order chi connectivity index (χ1) is 16.7. The van der Waals surface area contributed by atoms with Crippen LogP contribution in [0, 0.1) is 11.3 Å². The molecule has 1 aliphatic rings. The highest BCUT2D eigenvalue weighted by atomic mass is 16.6. The molecule has 0 spiro atoms. The number of ether oxygens (including phenoxy) is 1. The number of nitrogens with zero attached hydrogens (tertiary/aromatic N) is 6.